The Morgan fingerprint density at radius 3 is 3.07 bits per heavy atom. The molecule has 1 N–H and O–H groups in total. The molecule has 0 atom stereocenters. The molecule has 0 bridgehead atoms. The molecule has 1 heterocycles. The summed E-state index contributed by atoms with van der Waals surface area (Å²) in [6.45, 7) is 5.00. The fraction of sp³-hybridized carbons (Fsp3) is 0.727. The van der Waals surface area contributed by atoms with E-state index in [-0.39, 0.29) is 0 Å². The molecule has 4 heteroatoms. The van der Waals surface area contributed by atoms with Crippen LogP contribution in [0.25, 0.3) is 0 Å². The van der Waals surface area contributed by atoms with Crippen molar-refractivity contribution < 1.29 is 4.74 Å². The number of aryl methyl sites for hydroxylation is 1. The van der Waals surface area contributed by atoms with Crippen LogP contribution in [0.2, 0.25) is 0 Å². The maximum atomic E-state index is 4.99. The molecule has 0 unspecified atom stereocenters. The molecule has 0 aliphatic rings. The number of unbranched alkanes of at least 4 members (excludes halogenated alkanes) is 1. The maximum absolute atomic E-state index is 4.99. The highest BCUT2D eigenvalue weighted by atomic mass is 16.5. The second-order valence-electron chi connectivity index (χ2n) is 3.57. The number of ether oxygens (including phenoxy) is 1. The van der Waals surface area contributed by atoms with Gasteiger partial charge in [0.2, 0.25) is 5.95 Å². The largest absolute Gasteiger partial charge is 0.385 e. The summed E-state index contributed by atoms with van der Waals surface area (Å²) < 4.78 is 7.14. The molecular formula is C11H21N3O. The second kappa shape index (κ2) is 7.29. The smallest absolute Gasteiger partial charge is 0.202 e. The van der Waals surface area contributed by atoms with Crippen molar-refractivity contribution in [3.63, 3.8) is 0 Å². The molecule has 0 aliphatic carbocycles. The summed E-state index contributed by atoms with van der Waals surface area (Å²) in [4.78, 5) is 4.27. The number of anilines is 1. The fourth-order valence-corrected chi connectivity index (χ4v) is 1.47. The zero-order valence-corrected chi connectivity index (χ0v) is 9.70. The zero-order chi connectivity index (χ0) is 10.9. The average Bonchev–Trinajstić information content (AvgIpc) is 2.66. The Kier molecular flexibility index (Phi) is 5.85. The van der Waals surface area contributed by atoms with Crippen LogP contribution in [-0.2, 0) is 11.3 Å². The molecule has 0 aliphatic heterocycles. The van der Waals surface area contributed by atoms with Crippen LogP contribution in [0.5, 0.6) is 0 Å². The van der Waals surface area contributed by atoms with E-state index in [0.29, 0.717) is 0 Å². The molecule has 0 saturated heterocycles. The predicted molar refractivity (Wildman–Crippen MR) is 62.1 cm³/mol. The summed E-state index contributed by atoms with van der Waals surface area (Å²) in [5.41, 5.74) is 0. The van der Waals surface area contributed by atoms with Crippen molar-refractivity contribution >= 4 is 5.95 Å². The van der Waals surface area contributed by atoms with E-state index in [1.54, 1.807) is 7.11 Å². The molecule has 1 aromatic rings. The van der Waals surface area contributed by atoms with E-state index in [4.69, 9.17) is 4.74 Å². The number of rotatable bonds is 8. The van der Waals surface area contributed by atoms with Crippen LogP contribution >= 0.6 is 0 Å². The van der Waals surface area contributed by atoms with Crippen molar-refractivity contribution in [2.24, 2.45) is 0 Å². The van der Waals surface area contributed by atoms with Gasteiger partial charge in [0, 0.05) is 39.2 Å². The average molecular weight is 211 g/mol. The number of methoxy groups -OCH3 is 1. The molecule has 1 rings (SSSR count). The van der Waals surface area contributed by atoms with Crippen LogP contribution in [0.15, 0.2) is 12.4 Å². The van der Waals surface area contributed by atoms with Gasteiger partial charge in [-0.2, -0.15) is 0 Å². The van der Waals surface area contributed by atoms with Gasteiger partial charge in [-0.15, -0.1) is 0 Å². The summed E-state index contributed by atoms with van der Waals surface area (Å²) in [5, 5.41) is 3.33. The minimum absolute atomic E-state index is 0.838. The van der Waals surface area contributed by atoms with Gasteiger partial charge in [0.15, 0.2) is 0 Å². The molecular weight excluding hydrogens is 190 g/mol. The lowest BCUT2D eigenvalue weighted by Gasteiger charge is -2.08. The second-order valence-corrected chi connectivity index (χ2v) is 3.57. The van der Waals surface area contributed by atoms with E-state index in [2.05, 4.69) is 21.8 Å². The third kappa shape index (κ3) is 4.34. The predicted octanol–water partition coefficient (Wildman–Crippen LogP) is 2.13. The molecule has 0 amide bonds. The van der Waals surface area contributed by atoms with Crippen molar-refractivity contribution in [3.05, 3.63) is 12.4 Å². The summed E-state index contributed by atoms with van der Waals surface area (Å²) in [6, 6.07) is 0. The lowest BCUT2D eigenvalue weighted by Crippen LogP contribution is -2.09. The van der Waals surface area contributed by atoms with Gasteiger partial charge in [-0.3, -0.25) is 0 Å². The standard InChI is InChI=1S/C11H21N3O/c1-3-8-14-9-7-13-11(14)12-6-4-5-10-15-2/h7,9H,3-6,8,10H2,1-2H3,(H,12,13). The maximum Gasteiger partial charge on any atom is 0.202 e. The number of nitrogens with one attached hydrogen (secondary N) is 1. The molecule has 1 aromatic heterocycles. The van der Waals surface area contributed by atoms with Gasteiger partial charge in [0.1, 0.15) is 0 Å². The van der Waals surface area contributed by atoms with Crippen molar-refractivity contribution in [2.75, 3.05) is 25.6 Å². The van der Waals surface area contributed by atoms with Crippen LogP contribution in [0, 0.1) is 0 Å². The number of nitrogens with zero attached hydrogens (tertiary/aromatic N) is 2. The topological polar surface area (TPSA) is 39.1 Å². The Balaban J connectivity index is 2.21. The first-order valence-electron chi connectivity index (χ1n) is 5.62. The Labute approximate surface area is 91.7 Å². The van der Waals surface area contributed by atoms with Crippen LogP contribution in [0.1, 0.15) is 26.2 Å². The van der Waals surface area contributed by atoms with Gasteiger partial charge in [-0.05, 0) is 19.3 Å². The van der Waals surface area contributed by atoms with Crippen molar-refractivity contribution in [3.8, 4) is 0 Å². The molecule has 0 saturated carbocycles. The molecule has 0 spiro atoms. The van der Waals surface area contributed by atoms with Crippen LogP contribution in [-0.4, -0.2) is 29.8 Å². The van der Waals surface area contributed by atoms with Crippen LogP contribution in [0.4, 0.5) is 5.95 Å². The lowest BCUT2D eigenvalue weighted by molar-refractivity contribution is 0.193. The minimum atomic E-state index is 0.838. The molecule has 0 radical (unpaired) electrons. The number of aromatic nitrogens is 2. The first-order chi connectivity index (χ1) is 7.38. The van der Waals surface area contributed by atoms with Gasteiger partial charge in [-0.1, -0.05) is 6.92 Å². The van der Waals surface area contributed by atoms with Gasteiger partial charge in [-0.25, -0.2) is 4.98 Å². The lowest BCUT2D eigenvalue weighted by atomic mass is 10.3. The summed E-state index contributed by atoms with van der Waals surface area (Å²) in [6.07, 6.45) is 7.20. The van der Waals surface area contributed by atoms with Crippen molar-refractivity contribution in [1.29, 1.82) is 0 Å². The first-order valence-corrected chi connectivity index (χ1v) is 5.62. The summed E-state index contributed by atoms with van der Waals surface area (Å²) >= 11 is 0. The van der Waals surface area contributed by atoms with E-state index in [0.717, 1.165) is 44.9 Å². The number of hydrogen-bond acceptors (Lipinski definition) is 3. The Morgan fingerprint density at radius 2 is 2.33 bits per heavy atom. The monoisotopic (exact) mass is 211 g/mol. The molecule has 86 valence electrons. The first kappa shape index (κ1) is 12.0. The normalized spacial score (nSPS) is 10.5. The van der Waals surface area contributed by atoms with Crippen molar-refractivity contribution in [2.45, 2.75) is 32.7 Å². The zero-order valence-electron chi connectivity index (χ0n) is 9.70. The Hall–Kier alpha value is -1.03. The third-order valence-electron chi connectivity index (χ3n) is 2.24. The highest BCUT2D eigenvalue weighted by Gasteiger charge is 1.99. The number of imidazole rings is 1. The fourth-order valence-electron chi connectivity index (χ4n) is 1.47. The molecule has 15 heavy (non-hydrogen) atoms. The number of hydrogen-bond donors (Lipinski definition) is 1. The van der Waals surface area contributed by atoms with E-state index in [1.165, 1.54) is 0 Å². The van der Waals surface area contributed by atoms with Crippen LogP contribution < -0.4 is 5.32 Å². The highest BCUT2D eigenvalue weighted by molar-refractivity contribution is 5.25. The van der Waals surface area contributed by atoms with Gasteiger partial charge in [0.05, 0.1) is 0 Å². The molecule has 0 aromatic carbocycles. The SMILES string of the molecule is CCCn1ccnc1NCCCCOC. The minimum Gasteiger partial charge on any atom is -0.385 e. The molecule has 0 fully saturated rings. The molecule has 4 nitrogen and oxygen atoms in total. The van der Waals surface area contributed by atoms with E-state index >= 15 is 0 Å². The van der Waals surface area contributed by atoms with E-state index in [1.807, 2.05) is 12.4 Å². The summed E-state index contributed by atoms with van der Waals surface area (Å²) in [5.74, 6) is 0.981. The van der Waals surface area contributed by atoms with Gasteiger partial charge < -0.3 is 14.6 Å². The van der Waals surface area contributed by atoms with Crippen LogP contribution in [0.3, 0.4) is 0 Å². The van der Waals surface area contributed by atoms with Crippen molar-refractivity contribution in [1.82, 2.24) is 9.55 Å². The van der Waals surface area contributed by atoms with E-state index in [9.17, 15) is 0 Å². The quantitative estimate of drug-likeness (QED) is 0.669. The van der Waals surface area contributed by atoms with Gasteiger partial charge in [0.25, 0.3) is 0 Å². The van der Waals surface area contributed by atoms with E-state index < -0.39 is 0 Å². The Bertz CT molecular complexity index is 260. The van der Waals surface area contributed by atoms with Gasteiger partial charge >= 0.3 is 0 Å². The Morgan fingerprint density at radius 1 is 1.47 bits per heavy atom. The summed E-state index contributed by atoms with van der Waals surface area (Å²) in [7, 11) is 1.74. The highest BCUT2D eigenvalue weighted by Crippen LogP contribution is 2.05. The third-order valence-corrected chi connectivity index (χ3v) is 2.24.